The number of methoxy groups -OCH3 is 1. The number of fused-ring (bicyclic) bond motifs is 1. The molecule has 0 spiro atoms. The smallest absolute Gasteiger partial charge is 0.142 e. The molecule has 1 fully saturated rings. The number of anilines is 1. The van der Waals surface area contributed by atoms with E-state index in [9.17, 15) is 5.11 Å². The Kier molecular flexibility index (Phi) is 5.38. The number of rotatable bonds is 3. The van der Waals surface area contributed by atoms with Crippen molar-refractivity contribution in [3.8, 4) is 5.75 Å². The lowest BCUT2D eigenvalue weighted by molar-refractivity contribution is 0.0393. The SMILES string of the molecule is COc1ccccc1N1CCN([C@@H]2Cc3c(I)cccc3C[C@H]2O)CC1. The summed E-state index contributed by atoms with van der Waals surface area (Å²) in [5.41, 5.74) is 3.91. The van der Waals surface area contributed by atoms with Crippen LogP contribution in [-0.2, 0) is 12.8 Å². The molecule has 0 amide bonds. The molecule has 0 radical (unpaired) electrons. The third-order valence-electron chi connectivity index (χ3n) is 5.71. The van der Waals surface area contributed by atoms with E-state index in [-0.39, 0.29) is 12.1 Å². The number of aliphatic hydroxyl groups is 1. The van der Waals surface area contributed by atoms with Crippen molar-refractivity contribution in [3.05, 3.63) is 57.2 Å². The molecule has 1 heterocycles. The van der Waals surface area contributed by atoms with Crippen LogP contribution in [0.4, 0.5) is 5.69 Å². The molecular formula is C21H25IN2O2. The second kappa shape index (κ2) is 7.74. The van der Waals surface area contributed by atoms with Crippen LogP contribution in [0.15, 0.2) is 42.5 Å². The first-order valence-electron chi connectivity index (χ1n) is 9.23. The molecule has 4 rings (SSSR count). The van der Waals surface area contributed by atoms with Crippen LogP contribution in [0.25, 0.3) is 0 Å². The summed E-state index contributed by atoms with van der Waals surface area (Å²) < 4.78 is 6.84. The van der Waals surface area contributed by atoms with Gasteiger partial charge in [-0.15, -0.1) is 0 Å². The van der Waals surface area contributed by atoms with Crippen molar-refractivity contribution in [2.24, 2.45) is 0 Å². The van der Waals surface area contributed by atoms with Crippen LogP contribution < -0.4 is 9.64 Å². The van der Waals surface area contributed by atoms with Crippen LogP contribution in [0, 0.1) is 3.57 Å². The van der Waals surface area contributed by atoms with Gasteiger partial charge in [-0.3, -0.25) is 4.90 Å². The fourth-order valence-electron chi connectivity index (χ4n) is 4.29. The van der Waals surface area contributed by atoms with Gasteiger partial charge in [0.2, 0.25) is 0 Å². The number of ether oxygens (including phenoxy) is 1. The fourth-order valence-corrected chi connectivity index (χ4v) is 5.06. The number of benzene rings is 2. The molecule has 138 valence electrons. The molecule has 2 aromatic carbocycles. The minimum Gasteiger partial charge on any atom is -0.495 e. The summed E-state index contributed by atoms with van der Waals surface area (Å²) in [4.78, 5) is 4.87. The van der Waals surface area contributed by atoms with Crippen molar-refractivity contribution < 1.29 is 9.84 Å². The van der Waals surface area contributed by atoms with Crippen LogP contribution in [-0.4, -0.2) is 55.4 Å². The third kappa shape index (κ3) is 3.44. The number of hydrogen-bond donors (Lipinski definition) is 1. The molecule has 1 N–H and O–H groups in total. The zero-order chi connectivity index (χ0) is 18.1. The van der Waals surface area contributed by atoms with Gasteiger partial charge in [0.15, 0.2) is 0 Å². The number of aliphatic hydroxyl groups excluding tert-OH is 1. The van der Waals surface area contributed by atoms with Crippen LogP contribution in [0.3, 0.4) is 0 Å². The quantitative estimate of drug-likeness (QED) is 0.709. The number of para-hydroxylation sites is 2. The van der Waals surface area contributed by atoms with E-state index in [1.54, 1.807) is 7.11 Å². The topological polar surface area (TPSA) is 35.9 Å². The van der Waals surface area contributed by atoms with E-state index in [2.05, 4.69) is 62.7 Å². The van der Waals surface area contributed by atoms with Crippen molar-refractivity contribution >= 4 is 28.3 Å². The minimum atomic E-state index is -0.279. The van der Waals surface area contributed by atoms with Crippen LogP contribution in [0.1, 0.15) is 11.1 Å². The van der Waals surface area contributed by atoms with Gasteiger partial charge in [-0.2, -0.15) is 0 Å². The normalized spacial score (nSPS) is 23.6. The van der Waals surface area contributed by atoms with E-state index in [1.807, 2.05) is 12.1 Å². The summed E-state index contributed by atoms with van der Waals surface area (Å²) in [7, 11) is 1.73. The van der Waals surface area contributed by atoms with E-state index in [0.717, 1.165) is 44.8 Å². The van der Waals surface area contributed by atoms with Gasteiger partial charge in [-0.05, 0) is 58.3 Å². The molecule has 2 atom stereocenters. The second-order valence-electron chi connectivity index (χ2n) is 7.12. The lowest BCUT2D eigenvalue weighted by atomic mass is 9.85. The van der Waals surface area contributed by atoms with Crippen molar-refractivity contribution in [1.29, 1.82) is 0 Å². The van der Waals surface area contributed by atoms with Crippen LogP contribution >= 0.6 is 22.6 Å². The molecule has 0 bridgehead atoms. The number of hydrogen-bond acceptors (Lipinski definition) is 4. The standard InChI is InChI=1S/C21H25IN2O2/c1-26-21-8-3-2-7-18(21)23-9-11-24(12-10-23)19-14-16-15(13-20(19)25)5-4-6-17(16)22/h2-8,19-20,25H,9-14H2,1H3/t19-,20-/m1/s1. The maximum Gasteiger partial charge on any atom is 0.142 e. The van der Waals surface area contributed by atoms with Gasteiger partial charge in [0.1, 0.15) is 5.75 Å². The van der Waals surface area contributed by atoms with Crippen molar-refractivity contribution in [2.45, 2.75) is 25.0 Å². The Bertz CT molecular complexity index is 774. The van der Waals surface area contributed by atoms with E-state index < -0.39 is 0 Å². The summed E-state index contributed by atoms with van der Waals surface area (Å²) >= 11 is 2.43. The van der Waals surface area contributed by atoms with Gasteiger partial charge in [0.25, 0.3) is 0 Å². The van der Waals surface area contributed by atoms with Gasteiger partial charge >= 0.3 is 0 Å². The largest absolute Gasteiger partial charge is 0.495 e. The van der Waals surface area contributed by atoms with Crippen molar-refractivity contribution in [3.63, 3.8) is 0 Å². The van der Waals surface area contributed by atoms with Crippen LogP contribution in [0.2, 0.25) is 0 Å². The highest BCUT2D eigenvalue weighted by molar-refractivity contribution is 14.1. The summed E-state index contributed by atoms with van der Waals surface area (Å²) in [6.07, 6.45) is 1.44. The Hall–Kier alpha value is -1.31. The van der Waals surface area contributed by atoms with E-state index in [4.69, 9.17) is 4.74 Å². The average Bonchev–Trinajstić information content (AvgIpc) is 2.68. The number of halogens is 1. The first kappa shape index (κ1) is 18.1. The highest BCUT2D eigenvalue weighted by Gasteiger charge is 2.34. The van der Waals surface area contributed by atoms with Crippen molar-refractivity contribution in [1.82, 2.24) is 4.90 Å². The van der Waals surface area contributed by atoms with Crippen LogP contribution in [0.5, 0.6) is 5.75 Å². The minimum absolute atomic E-state index is 0.221. The average molecular weight is 464 g/mol. The van der Waals surface area contributed by atoms with Gasteiger partial charge in [-0.1, -0.05) is 24.3 Å². The molecule has 2 aromatic rings. The molecule has 26 heavy (non-hydrogen) atoms. The Morgan fingerprint density at radius 1 is 1.00 bits per heavy atom. The van der Waals surface area contributed by atoms with E-state index in [1.165, 1.54) is 20.4 Å². The van der Waals surface area contributed by atoms with Gasteiger partial charge < -0.3 is 14.7 Å². The zero-order valence-electron chi connectivity index (χ0n) is 15.1. The third-order valence-corrected chi connectivity index (χ3v) is 6.72. The molecule has 1 aliphatic carbocycles. The summed E-state index contributed by atoms with van der Waals surface area (Å²) in [5, 5.41) is 10.7. The van der Waals surface area contributed by atoms with Crippen molar-refractivity contribution in [2.75, 3.05) is 38.2 Å². The van der Waals surface area contributed by atoms with Gasteiger partial charge in [-0.25, -0.2) is 0 Å². The molecule has 0 unspecified atom stereocenters. The maximum absolute atomic E-state index is 10.7. The summed E-state index contributed by atoms with van der Waals surface area (Å²) in [6, 6.07) is 14.9. The highest BCUT2D eigenvalue weighted by Crippen LogP contribution is 2.31. The molecule has 0 aromatic heterocycles. The number of piperazine rings is 1. The Morgan fingerprint density at radius 2 is 1.77 bits per heavy atom. The van der Waals surface area contributed by atoms with E-state index >= 15 is 0 Å². The van der Waals surface area contributed by atoms with Gasteiger partial charge in [0, 0.05) is 42.2 Å². The predicted molar refractivity (Wildman–Crippen MR) is 113 cm³/mol. The van der Waals surface area contributed by atoms with E-state index in [0.29, 0.717) is 0 Å². The lowest BCUT2D eigenvalue weighted by Crippen LogP contribution is -2.56. The summed E-state index contributed by atoms with van der Waals surface area (Å²) in [5.74, 6) is 0.933. The predicted octanol–water partition coefficient (Wildman–Crippen LogP) is 2.95. The molecule has 4 nitrogen and oxygen atoms in total. The van der Waals surface area contributed by atoms with Gasteiger partial charge in [0.05, 0.1) is 18.9 Å². The zero-order valence-corrected chi connectivity index (χ0v) is 17.2. The summed E-state index contributed by atoms with van der Waals surface area (Å²) in [6.45, 7) is 3.86. The Balaban J connectivity index is 1.46. The fraction of sp³-hybridized carbons (Fsp3) is 0.429. The molecule has 2 aliphatic rings. The Morgan fingerprint density at radius 3 is 2.54 bits per heavy atom. The molecule has 1 saturated heterocycles. The molecular weight excluding hydrogens is 439 g/mol. The molecule has 5 heteroatoms. The molecule has 0 saturated carbocycles. The second-order valence-corrected chi connectivity index (χ2v) is 8.28. The first-order chi connectivity index (χ1) is 12.7. The first-order valence-corrected chi connectivity index (χ1v) is 10.3. The molecule has 1 aliphatic heterocycles. The monoisotopic (exact) mass is 464 g/mol. The highest BCUT2D eigenvalue weighted by atomic mass is 127. The maximum atomic E-state index is 10.7. The number of nitrogens with zero attached hydrogens (tertiary/aromatic N) is 2. The lowest BCUT2D eigenvalue weighted by Gasteiger charge is -2.44. The Labute approximate surface area is 168 Å².